The molecule has 110 valence electrons. The lowest BCUT2D eigenvalue weighted by Gasteiger charge is -2.21. The Labute approximate surface area is 112 Å². The fourth-order valence-electron chi connectivity index (χ4n) is 1.20. The maximum absolute atomic E-state index is 5.71. The fraction of sp³-hybridized carbons (Fsp3) is 1.00. The van der Waals surface area contributed by atoms with Gasteiger partial charge in [-0.05, 0) is 34.9 Å². The van der Waals surface area contributed by atoms with Crippen molar-refractivity contribution in [2.24, 2.45) is 5.73 Å². The average Bonchev–Trinajstić information content (AvgIpc) is 2.31. The Balaban J connectivity index is 3.22. The van der Waals surface area contributed by atoms with Crippen molar-refractivity contribution >= 4 is 0 Å². The second kappa shape index (κ2) is 10.7. The summed E-state index contributed by atoms with van der Waals surface area (Å²) in [6.07, 6.45) is 0.0800. The van der Waals surface area contributed by atoms with E-state index in [1.165, 1.54) is 0 Å². The molecule has 0 aromatic carbocycles. The van der Waals surface area contributed by atoms with E-state index in [4.69, 9.17) is 15.2 Å². The van der Waals surface area contributed by atoms with Crippen molar-refractivity contribution in [2.45, 2.75) is 33.0 Å². The van der Waals surface area contributed by atoms with Gasteiger partial charge in [-0.25, -0.2) is 0 Å². The number of nitrogens with two attached hydrogens (primary N) is 1. The maximum Gasteiger partial charge on any atom is 0.0701 e. The van der Waals surface area contributed by atoms with E-state index in [-0.39, 0.29) is 6.17 Å². The minimum atomic E-state index is 0.0800. The molecule has 0 bridgehead atoms. The van der Waals surface area contributed by atoms with Crippen LogP contribution in [0, 0.1) is 0 Å². The molecule has 5 nitrogen and oxygen atoms in total. The summed E-state index contributed by atoms with van der Waals surface area (Å²) >= 11 is 0. The minimum absolute atomic E-state index is 0.0800. The van der Waals surface area contributed by atoms with Gasteiger partial charge in [0.05, 0.1) is 32.6 Å². The Morgan fingerprint density at radius 3 is 1.67 bits per heavy atom. The highest BCUT2D eigenvalue weighted by Crippen LogP contribution is 1.92. The van der Waals surface area contributed by atoms with Crippen LogP contribution in [0.2, 0.25) is 0 Å². The summed E-state index contributed by atoms with van der Waals surface area (Å²) in [6, 6.07) is 0.568. The molecule has 2 N–H and O–H groups in total. The van der Waals surface area contributed by atoms with Crippen LogP contribution in [-0.4, -0.2) is 75.6 Å². The molecule has 0 radical (unpaired) electrons. The summed E-state index contributed by atoms with van der Waals surface area (Å²) in [7, 11) is 4.10. The first-order valence-electron chi connectivity index (χ1n) is 6.76. The Morgan fingerprint density at radius 2 is 1.28 bits per heavy atom. The highest BCUT2D eigenvalue weighted by molar-refractivity contribution is 4.55. The monoisotopic (exact) mass is 261 g/mol. The fourth-order valence-corrected chi connectivity index (χ4v) is 1.20. The molecular formula is C13H31N3O2. The van der Waals surface area contributed by atoms with Crippen LogP contribution in [0.15, 0.2) is 0 Å². The van der Waals surface area contributed by atoms with Crippen LogP contribution < -0.4 is 5.73 Å². The first kappa shape index (κ1) is 17.8. The van der Waals surface area contributed by atoms with E-state index in [2.05, 4.69) is 30.7 Å². The Bertz CT molecular complexity index is 169. The van der Waals surface area contributed by atoms with E-state index in [1.54, 1.807) is 0 Å². The predicted octanol–water partition coefficient (Wildman–Crippen LogP) is 0.596. The molecule has 0 fully saturated rings. The Morgan fingerprint density at radius 1 is 0.833 bits per heavy atom. The van der Waals surface area contributed by atoms with Gasteiger partial charge in [-0.15, -0.1) is 0 Å². The molecule has 1 atom stereocenters. The molecule has 1 unspecified atom stereocenters. The summed E-state index contributed by atoms with van der Waals surface area (Å²) in [5.41, 5.74) is 5.71. The third-order valence-corrected chi connectivity index (χ3v) is 3.13. The molecule has 0 aliphatic carbocycles. The van der Waals surface area contributed by atoms with Crippen LogP contribution >= 0.6 is 0 Å². The molecule has 0 aromatic heterocycles. The molecule has 0 spiro atoms. The summed E-state index contributed by atoms with van der Waals surface area (Å²) in [5, 5.41) is 0. The molecular weight excluding hydrogens is 230 g/mol. The van der Waals surface area contributed by atoms with Crippen molar-refractivity contribution in [2.75, 3.05) is 53.6 Å². The van der Waals surface area contributed by atoms with Crippen molar-refractivity contribution in [3.8, 4) is 0 Å². The topological polar surface area (TPSA) is 51.0 Å². The molecule has 0 aliphatic rings. The summed E-state index contributed by atoms with van der Waals surface area (Å²) in [5.74, 6) is 0. The van der Waals surface area contributed by atoms with Gasteiger partial charge in [0, 0.05) is 19.1 Å². The van der Waals surface area contributed by atoms with E-state index in [0.29, 0.717) is 25.9 Å². The second-order valence-corrected chi connectivity index (χ2v) is 5.02. The van der Waals surface area contributed by atoms with Gasteiger partial charge in [-0.2, -0.15) is 0 Å². The van der Waals surface area contributed by atoms with Gasteiger partial charge in [0.25, 0.3) is 0 Å². The van der Waals surface area contributed by atoms with Gasteiger partial charge in [-0.3, -0.25) is 4.90 Å². The summed E-state index contributed by atoms with van der Waals surface area (Å²) in [4.78, 5) is 4.32. The van der Waals surface area contributed by atoms with E-state index in [9.17, 15) is 0 Å². The molecule has 0 amide bonds. The number of hydrogen-bond donors (Lipinski definition) is 1. The second-order valence-electron chi connectivity index (χ2n) is 5.02. The molecule has 5 heteroatoms. The van der Waals surface area contributed by atoms with Crippen LogP contribution in [0.1, 0.15) is 20.8 Å². The highest BCUT2D eigenvalue weighted by Gasteiger charge is 2.03. The number of hydrogen-bond acceptors (Lipinski definition) is 5. The lowest BCUT2D eigenvalue weighted by molar-refractivity contribution is 0.0306. The van der Waals surface area contributed by atoms with Gasteiger partial charge in [0.15, 0.2) is 0 Å². The largest absolute Gasteiger partial charge is 0.378 e. The Hall–Kier alpha value is -0.200. The lowest BCUT2D eigenvalue weighted by Crippen LogP contribution is -2.38. The van der Waals surface area contributed by atoms with Crippen molar-refractivity contribution in [3.63, 3.8) is 0 Å². The first-order valence-corrected chi connectivity index (χ1v) is 6.76. The first-order chi connectivity index (χ1) is 8.45. The summed E-state index contributed by atoms with van der Waals surface area (Å²) < 4.78 is 11.0. The smallest absolute Gasteiger partial charge is 0.0701 e. The average molecular weight is 261 g/mol. The standard InChI is InChI=1S/C13H31N3O2/c1-12(2)15(4)6-8-17-10-11-18-9-7-16(5)13(3)14/h12-13H,6-11,14H2,1-5H3. The van der Waals surface area contributed by atoms with Crippen LogP contribution in [0.25, 0.3) is 0 Å². The van der Waals surface area contributed by atoms with Crippen molar-refractivity contribution in [1.82, 2.24) is 9.80 Å². The van der Waals surface area contributed by atoms with Crippen LogP contribution in [-0.2, 0) is 9.47 Å². The molecule has 0 saturated heterocycles. The zero-order valence-corrected chi connectivity index (χ0v) is 12.7. The van der Waals surface area contributed by atoms with Gasteiger partial charge in [0.1, 0.15) is 0 Å². The van der Waals surface area contributed by atoms with E-state index in [0.717, 1.165) is 19.7 Å². The normalized spacial score (nSPS) is 13.8. The lowest BCUT2D eigenvalue weighted by atomic mass is 10.3. The van der Waals surface area contributed by atoms with Gasteiger partial charge < -0.3 is 20.1 Å². The summed E-state index contributed by atoms with van der Waals surface area (Å²) in [6.45, 7) is 10.9. The Kier molecular flexibility index (Phi) is 10.6. The number of nitrogens with zero attached hydrogens (tertiary/aromatic N) is 2. The zero-order valence-electron chi connectivity index (χ0n) is 12.7. The molecule has 0 rings (SSSR count). The minimum Gasteiger partial charge on any atom is -0.378 e. The zero-order chi connectivity index (χ0) is 14.0. The van der Waals surface area contributed by atoms with E-state index in [1.807, 2.05) is 14.0 Å². The van der Waals surface area contributed by atoms with Crippen LogP contribution in [0.5, 0.6) is 0 Å². The molecule has 0 aliphatic heterocycles. The third-order valence-electron chi connectivity index (χ3n) is 3.13. The predicted molar refractivity (Wildman–Crippen MR) is 75.7 cm³/mol. The third kappa shape index (κ3) is 9.79. The molecule has 0 heterocycles. The number of likely N-dealkylation sites (N-methyl/N-ethyl adjacent to an activating group) is 2. The van der Waals surface area contributed by atoms with E-state index >= 15 is 0 Å². The molecule has 0 saturated carbocycles. The van der Waals surface area contributed by atoms with Gasteiger partial charge in [0.2, 0.25) is 0 Å². The van der Waals surface area contributed by atoms with E-state index < -0.39 is 0 Å². The van der Waals surface area contributed by atoms with Crippen LogP contribution in [0.4, 0.5) is 0 Å². The van der Waals surface area contributed by atoms with Crippen LogP contribution in [0.3, 0.4) is 0 Å². The number of ether oxygens (including phenoxy) is 2. The quantitative estimate of drug-likeness (QED) is 0.436. The van der Waals surface area contributed by atoms with Crippen molar-refractivity contribution in [1.29, 1.82) is 0 Å². The molecule has 18 heavy (non-hydrogen) atoms. The van der Waals surface area contributed by atoms with Crippen molar-refractivity contribution in [3.05, 3.63) is 0 Å². The SMILES string of the molecule is CC(C)N(C)CCOCCOCCN(C)C(C)N. The number of rotatable bonds is 11. The highest BCUT2D eigenvalue weighted by atomic mass is 16.5. The molecule has 0 aromatic rings. The van der Waals surface area contributed by atoms with Crippen molar-refractivity contribution < 1.29 is 9.47 Å². The van der Waals surface area contributed by atoms with Gasteiger partial charge >= 0.3 is 0 Å². The van der Waals surface area contributed by atoms with Gasteiger partial charge in [-0.1, -0.05) is 0 Å². The maximum atomic E-state index is 5.71.